The van der Waals surface area contributed by atoms with Crippen molar-refractivity contribution in [1.82, 2.24) is 15.3 Å². The summed E-state index contributed by atoms with van der Waals surface area (Å²) >= 11 is 1.67. The van der Waals surface area contributed by atoms with Gasteiger partial charge >= 0.3 is 0 Å². The Labute approximate surface area is 99.6 Å². The van der Waals surface area contributed by atoms with E-state index in [-0.39, 0.29) is 12.1 Å². The molecule has 0 aliphatic carbocycles. The lowest BCUT2D eigenvalue weighted by Gasteiger charge is -2.17. The van der Waals surface area contributed by atoms with Gasteiger partial charge in [-0.05, 0) is 26.0 Å². The minimum Gasteiger partial charge on any atom is -0.300 e. The average Bonchev–Trinajstić information content (AvgIpc) is 2.83. The molecular formula is C12H15N3S. The van der Waals surface area contributed by atoms with Crippen molar-refractivity contribution in [2.45, 2.75) is 25.9 Å². The fraction of sp³-hybridized carbons (Fsp3) is 0.333. The number of aromatic nitrogens is 2. The smallest absolute Gasteiger partial charge is 0.109 e. The van der Waals surface area contributed by atoms with Crippen LogP contribution in [0.25, 0.3) is 0 Å². The van der Waals surface area contributed by atoms with E-state index in [9.17, 15) is 0 Å². The highest BCUT2D eigenvalue weighted by Crippen LogP contribution is 2.19. The summed E-state index contributed by atoms with van der Waals surface area (Å²) in [6.45, 7) is 4.24. The van der Waals surface area contributed by atoms with Crippen LogP contribution in [0.4, 0.5) is 0 Å². The maximum atomic E-state index is 4.33. The lowest BCUT2D eigenvalue weighted by atomic mass is 10.2. The molecule has 0 aromatic carbocycles. The van der Waals surface area contributed by atoms with Crippen molar-refractivity contribution in [3.05, 3.63) is 46.7 Å². The van der Waals surface area contributed by atoms with E-state index in [0.717, 1.165) is 10.7 Å². The third-order valence-corrected chi connectivity index (χ3v) is 3.41. The van der Waals surface area contributed by atoms with E-state index < -0.39 is 0 Å². The summed E-state index contributed by atoms with van der Waals surface area (Å²) in [6.07, 6.45) is 3.66. The average molecular weight is 233 g/mol. The highest BCUT2D eigenvalue weighted by atomic mass is 32.1. The summed E-state index contributed by atoms with van der Waals surface area (Å²) in [6, 6.07) is 6.47. The number of hydrogen-bond acceptors (Lipinski definition) is 4. The van der Waals surface area contributed by atoms with Crippen LogP contribution in [0.5, 0.6) is 0 Å². The Kier molecular flexibility index (Phi) is 3.64. The molecule has 0 radical (unpaired) electrons. The van der Waals surface area contributed by atoms with Gasteiger partial charge in [0, 0.05) is 23.8 Å². The number of hydrogen-bond donors (Lipinski definition) is 1. The molecule has 4 heteroatoms. The maximum Gasteiger partial charge on any atom is 0.109 e. The normalized spacial score (nSPS) is 14.6. The van der Waals surface area contributed by atoms with Gasteiger partial charge in [-0.15, -0.1) is 11.3 Å². The van der Waals surface area contributed by atoms with Crippen molar-refractivity contribution < 1.29 is 0 Å². The highest BCUT2D eigenvalue weighted by molar-refractivity contribution is 7.09. The van der Waals surface area contributed by atoms with Crippen LogP contribution in [-0.2, 0) is 0 Å². The standard InChI is InChI=1S/C12H15N3S/c1-9(11-5-3-4-6-13-11)15-10(2)12-14-7-8-16-12/h3-10,15H,1-2H3/t9-,10?/m0/s1. The number of rotatable bonds is 4. The number of nitrogens with zero attached hydrogens (tertiary/aromatic N) is 2. The molecule has 0 aliphatic rings. The molecule has 2 aromatic rings. The summed E-state index contributed by atoms with van der Waals surface area (Å²) in [4.78, 5) is 8.63. The molecule has 0 saturated carbocycles. The minimum atomic E-state index is 0.236. The molecule has 0 amide bonds. The molecule has 3 nitrogen and oxygen atoms in total. The second-order valence-electron chi connectivity index (χ2n) is 3.73. The van der Waals surface area contributed by atoms with Crippen LogP contribution in [0, 0.1) is 0 Å². The Balaban J connectivity index is 2.00. The first kappa shape index (κ1) is 11.2. The molecule has 2 aromatic heterocycles. The Morgan fingerprint density at radius 3 is 2.62 bits per heavy atom. The highest BCUT2D eigenvalue weighted by Gasteiger charge is 2.13. The van der Waals surface area contributed by atoms with Gasteiger partial charge in [-0.2, -0.15) is 0 Å². The van der Waals surface area contributed by atoms with E-state index in [2.05, 4.69) is 29.1 Å². The topological polar surface area (TPSA) is 37.8 Å². The van der Waals surface area contributed by atoms with Gasteiger partial charge in [-0.25, -0.2) is 4.98 Å². The van der Waals surface area contributed by atoms with Crippen LogP contribution in [0.3, 0.4) is 0 Å². The first-order chi connectivity index (χ1) is 7.77. The van der Waals surface area contributed by atoms with E-state index in [1.54, 1.807) is 11.3 Å². The zero-order valence-electron chi connectivity index (χ0n) is 9.42. The van der Waals surface area contributed by atoms with E-state index >= 15 is 0 Å². The lowest BCUT2D eigenvalue weighted by molar-refractivity contribution is 0.485. The third-order valence-electron chi connectivity index (χ3n) is 2.45. The summed E-state index contributed by atoms with van der Waals surface area (Å²) in [5.74, 6) is 0. The van der Waals surface area contributed by atoms with Crippen molar-refractivity contribution >= 4 is 11.3 Å². The Hall–Kier alpha value is -1.26. The van der Waals surface area contributed by atoms with Crippen LogP contribution in [0.15, 0.2) is 36.0 Å². The Morgan fingerprint density at radius 1 is 1.12 bits per heavy atom. The zero-order valence-corrected chi connectivity index (χ0v) is 10.2. The molecular weight excluding hydrogens is 218 g/mol. The fourth-order valence-corrected chi connectivity index (χ4v) is 2.27. The van der Waals surface area contributed by atoms with Crippen molar-refractivity contribution in [3.8, 4) is 0 Å². The number of nitrogens with one attached hydrogen (secondary N) is 1. The van der Waals surface area contributed by atoms with Crippen LogP contribution in [-0.4, -0.2) is 9.97 Å². The third kappa shape index (κ3) is 2.65. The van der Waals surface area contributed by atoms with Crippen molar-refractivity contribution in [1.29, 1.82) is 0 Å². The van der Waals surface area contributed by atoms with Gasteiger partial charge in [0.25, 0.3) is 0 Å². The second-order valence-corrected chi connectivity index (χ2v) is 4.66. The van der Waals surface area contributed by atoms with Crippen LogP contribution < -0.4 is 5.32 Å². The van der Waals surface area contributed by atoms with Gasteiger partial charge in [0.05, 0.1) is 11.7 Å². The van der Waals surface area contributed by atoms with Crippen molar-refractivity contribution in [2.24, 2.45) is 0 Å². The van der Waals surface area contributed by atoms with E-state index in [4.69, 9.17) is 0 Å². The first-order valence-electron chi connectivity index (χ1n) is 5.33. The largest absolute Gasteiger partial charge is 0.300 e. The van der Waals surface area contributed by atoms with E-state index in [1.807, 2.05) is 36.0 Å². The molecule has 0 aliphatic heterocycles. The molecule has 2 rings (SSSR count). The molecule has 1 N–H and O–H groups in total. The maximum absolute atomic E-state index is 4.33. The molecule has 2 heterocycles. The zero-order chi connectivity index (χ0) is 11.4. The van der Waals surface area contributed by atoms with Gasteiger partial charge in [0.15, 0.2) is 0 Å². The molecule has 0 bridgehead atoms. The van der Waals surface area contributed by atoms with Gasteiger partial charge in [-0.1, -0.05) is 6.07 Å². The fourth-order valence-electron chi connectivity index (χ4n) is 1.61. The van der Waals surface area contributed by atoms with Gasteiger partial charge < -0.3 is 5.32 Å². The summed E-state index contributed by atoms with van der Waals surface area (Å²) in [5, 5.41) is 6.60. The molecule has 0 fully saturated rings. The summed E-state index contributed by atoms with van der Waals surface area (Å²) < 4.78 is 0. The van der Waals surface area contributed by atoms with Crippen LogP contribution in [0.2, 0.25) is 0 Å². The van der Waals surface area contributed by atoms with Gasteiger partial charge in [0.2, 0.25) is 0 Å². The molecule has 0 spiro atoms. The van der Waals surface area contributed by atoms with E-state index in [0.29, 0.717) is 0 Å². The lowest BCUT2D eigenvalue weighted by Crippen LogP contribution is -2.23. The summed E-state index contributed by atoms with van der Waals surface area (Å²) in [5.41, 5.74) is 1.06. The monoisotopic (exact) mass is 233 g/mol. The van der Waals surface area contributed by atoms with Gasteiger partial charge in [0.1, 0.15) is 5.01 Å². The Bertz CT molecular complexity index is 413. The van der Waals surface area contributed by atoms with Gasteiger partial charge in [-0.3, -0.25) is 4.98 Å². The van der Waals surface area contributed by atoms with Crippen LogP contribution >= 0.6 is 11.3 Å². The number of pyridine rings is 1. The molecule has 16 heavy (non-hydrogen) atoms. The predicted molar refractivity (Wildman–Crippen MR) is 66.3 cm³/mol. The molecule has 1 unspecified atom stereocenters. The van der Waals surface area contributed by atoms with E-state index in [1.165, 1.54) is 0 Å². The van der Waals surface area contributed by atoms with Crippen molar-refractivity contribution in [3.63, 3.8) is 0 Å². The minimum absolute atomic E-state index is 0.236. The first-order valence-corrected chi connectivity index (χ1v) is 6.21. The quantitative estimate of drug-likeness (QED) is 0.882. The number of thiazole rings is 1. The van der Waals surface area contributed by atoms with Crippen molar-refractivity contribution in [2.75, 3.05) is 0 Å². The Morgan fingerprint density at radius 2 is 2.00 bits per heavy atom. The SMILES string of the molecule is CC(N[C@@H](C)c1ccccn1)c1nccs1. The summed E-state index contributed by atoms with van der Waals surface area (Å²) in [7, 11) is 0. The predicted octanol–water partition coefficient (Wildman–Crippen LogP) is 2.95. The molecule has 2 atom stereocenters. The van der Waals surface area contributed by atoms with Crippen LogP contribution in [0.1, 0.15) is 36.6 Å². The second kappa shape index (κ2) is 5.18. The molecule has 0 saturated heterocycles. The molecule has 84 valence electrons.